The van der Waals surface area contributed by atoms with Gasteiger partial charge in [0.2, 0.25) is 0 Å². The van der Waals surface area contributed by atoms with E-state index in [1.807, 2.05) is 0 Å². The zero-order chi connectivity index (χ0) is 9.40. The maximum absolute atomic E-state index is 4.03. The molecule has 0 heterocycles. The lowest BCUT2D eigenvalue weighted by molar-refractivity contribution is -0.817. The predicted molar refractivity (Wildman–Crippen MR) is 55.3 cm³/mol. The van der Waals surface area contributed by atoms with Crippen LogP contribution in [-0.4, -0.2) is 14.1 Å². The molecule has 0 radical (unpaired) electrons. The topological polar surface area (TPSA) is 4.44 Å². The minimum absolute atomic E-state index is 0. The van der Waals surface area contributed by atoms with E-state index >= 15 is 0 Å². The molecule has 0 aromatic heterocycles. The van der Waals surface area contributed by atoms with E-state index in [4.69, 9.17) is 0 Å². The number of allylic oxidation sites excluding steroid dienone is 1. The molecule has 0 rings (SSSR count). The monoisotopic (exact) mass is 249 g/mol. The average Bonchev–Trinajstić information content (AvgIpc) is 2.03. The summed E-state index contributed by atoms with van der Waals surface area (Å²) in [6, 6.07) is 0. The molecule has 0 saturated heterocycles. The molecule has 13 heavy (non-hydrogen) atoms. The van der Waals surface area contributed by atoms with Crippen LogP contribution < -0.4 is 21.9 Å². The van der Waals surface area contributed by atoms with Crippen LogP contribution in [-0.2, 0) is 0 Å². The molecule has 0 aliphatic rings. The number of nitrogens with one attached hydrogen (secondary N) is 1. The number of hydrogen-bond acceptors (Lipinski definition) is 0. The summed E-state index contributed by atoms with van der Waals surface area (Å²) >= 11 is 0. The minimum atomic E-state index is 0. The Morgan fingerprint density at radius 3 is 2.08 bits per heavy atom. The molecule has 0 amide bonds. The fourth-order valence-corrected chi connectivity index (χ4v) is 1.19. The van der Waals surface area contributed by atoms with Crippen LogP contribution in [0.3, 0.4) is 0 Å². The van der Waals surface area contributed by atoms with Crippen LogP contribution in [0.1, 0.15) is 45.4 Å². The molecule has 0 atom stereocenters. The lowest BCUT2D eigenvalue weighted by Crippen LogP contribution is -3.03. The highest BCUT2D eigenvalue weighted by atomic mass is 79.9. The molecule has 2 heteroatoms. The fourth-order valence-electron chi connectivity index (χ4n) is 1.19. The van der Waals surface area contributed by atoms with Gasteiger partial charge in [0.15, 0.2) is 0 Å². The number of unbranched alkanes of at least 4 members (excludes halogenated alkanes) is 4. The van der Waals surface area contributed by atoms with Crippen molar-refractivity contribution >= 4 is 0 Å². The highest BCUT2D eigenvalue weighted by molar-refractivity contribution is 4.78. The predicted octanol–water partition coefficient (Wildman–Crippen LogP) is -0.991. The third-order valence-electron chi connectivity index (χ3n) is 2.29. The van der Waals surface area contributed by atoms with Crippen LogP contribution >= 0.6 is 0 Å². The fraction of sp³-hybridized carbons (Fsp3) is 0.818. The molecule has 0 saturated carbocycles. The second-order valence-electron chi connectivity index (χ2n) is 3.77. The smallest absolute Gasteiger partial charge is 0.0994 e. The van der Waals surface area contributed by atoms with Gasteiger partial charge in [0.05, 0.1) is 19.8 Å². The maximum atomic E-state index is 4.03. The van der Waals surface area contributed by atoms with Gasteiger partial charge in [-0.05, 0) is 13.0 Å². The van der Waals surface area contributed by atoms with Gasteiger partial charge >= 0.3 is 0 Å². The second-order valence-corrected chi connectivity index (χ2v) is 3.77. The standard InChI is InChI=1S/C11H23N.BrH/c1-5-6-7-8-9-10-11(2)12(3)4;/h2,5-10H2,1,3-4H3;1H. The molecule has 0 unspecified atom stereocenters. The van der Waals surface area contributed by atoms with Gasteiger partial charge in [0.1, 0.15) is 0 Å². The number of quaternary nitrogens is 1. The number of halogens is 1. The first-order chi connectivity index (χ1) is 5.68. The Balaban J connectivity index is 0. The largest absolute Gasteiger partial charge is 1.00 e. The molecular formula is C11H24BrN. The molecule has 80 valence electrons. The zero-order valence-electron chi connectivity index (χ0n) is 9.33. The van der Waals surface area contributed by atoms with E-state index in [-0.39, 0.29) is 17.0 Å². The quantitative estimate of drug-likeness (QED) is 0.553. The Bertz CT molecular complexity index is 121. The summed E-state index contributed by atoms with van der Waals surface area (Å²) in [5.74, 6) is 0. The van der Waals surface area contributed by atoms with Crippen molar-refractivity contribution in [1.29, 1.82) is 0 Å². The summed E-state index contributed by atoms with van der Waals surface area (Å²) in [5, 5.41) is 0. The Labute approximate surface area is 94.0 Å². The molecule has 0 aliphatic carbocycles. The first kappa shape index (κ1) is 15.6. The summed E-state index contributed by atoms with van der Waals surface area (Å²) < 4.78 is 0. The average molecular weight is 250 g/mol. The normalized spacial score (nSPS) is 9.85. The van der Waals surface area contributed by atoms with Crippen LogP contribution in [0.15, 0.2) is 12.3 Å². The summed E-state index contributed by atoms with van der Waals surface area (Å²) in [5.41, 5.74) is 1.34. The second kappa shape index (κ2) is 10.3. The van der Waals surface area contributed by atoms with Gasteiger partial charge in [-0.2, -0.15) is 0 Å². The lowest BCUT2D eigenvalue weighted by atomic mass is 10.1. The Morgan fingerprint density at radius 1 is 1.08 bits per heavy atom. The molecule has 0 bridgehead atoms. The third kappa shape index (κ3) is 10.1. The van der Waals surface area contributed by atoms with Crippen LogP contribution in [0.25, 0.3) is 0 Å². The molecule has 0 spiro atoms. The van der Waals surface area contributed by atoms with Crippen LogP contribution in [0, 0.1) is 0 Å². The van der Waals surface area contributed by atoms with E-state index in [9.17, 15) is 0 Å². The van der Waals surface area contributed by atoms with Crippen molar-refractivity contribution < 1.29 is 21.9 Å². The van der Waals surface area contributed by atoms with Crippen LogP contribution in [0.2, 0.25) is 0 Å². The van der Waals surface area contributed by atoms with Crippen molar-refractivity contribution in [2.24, 2.45) is 0 Å². The lowest BCUT2D eigenvalue weighted by Gasteiger charge is -2.09. The molecule has 1 N–H and O–H groups in total. The van der Waals surface area contributed by atoms with E-state index < -0.39 is 0 Å². The third-order valence-corrected chi connectivity index (χ3v) is 2.29. The van der Waals surface area contributed by atoms with Crippen molar-refractivity contribution in [3.05, 3.63) is 12.3 Å². The van der Waals surface area contributed by atoms with Gasteiger partial charge in [-0.15, -0.1) is 0 Å². The number of rotatable bonds is 7. The minimum Gasteiger partial charge on any atom is -1.00 e. The van der Waals surface area contributed by atoms with E-state index in [2.05, 4.69) is 27.6 Å². The Hall–Kier alpha value is 0.180. The first-order valence-electron chi connectivity index (χ1n) is 5.16. The number of hydrogen-bond donors (Lipinski definition) is 1. The summed E-state index contributed by atoms with van der Waals surface area (Å²) in [6.45, 7) is 6.29. The van der Waals surface area contributed by atoms with Crippen molar-refractivity contribution in [1.82, 2.24) is 0 Å². The van der Waals surface area contributed by atoms with E-state index in [1.54, 1.807) is 0 Å². The first-order valence-corrected chi connectivity index (χ1v) is 5.16. The molecule has 0 aromatic carbocycles. The highest BCUT2D eigenvalue weighted by Gasteiger charge is 2.00. The molecule has 1 nitrogen and oxygen atoms in total. The summed E-state index contributed by atoms with van der Waals surface area (Å²) in [4.78, 5) is 1.39. The van der Waals surface area contributed by atoms with E-state index in [1.165, 1.54) is 49.1 Å². The molecular weight excluding hydrogens is 226 g/mol. The summed E-state index contributed by atoms with van der Waals surface area (Å²) in [6.07, 6.45) is 8.02. The van der Waals surface area contributed by atoms with Gasteiger partial charge < -0.3 is 21.9 Å². The molecule has 0 aromatic rings. The van der Waals surface area contributed by atoms with E-state index in [0.29, 0.717) is 0 Å². The Kier molecular flexibility index (Phi) is 12.3. The van der Waals surface area contributed by atoms with Gasteiger partial charge in [-0.3, -0.25) is 0 Å². The SMILES string of the molecule is C=C(CCCCCCC)[NH+](C)C.[Br-]. The summed E-state index contributed by atoms with van der Waals surface area (Å²) in [7, 11) is 4.29. The zero-order valence-corrected chi connectivity index (χ0v) is 10.9. The van der Waals surface area contributed by atoms with Crippen molar-refractivity contribution in [2.45, 2.75) is 45.4 Å². The van der Waals surface area contributed by atoms with Crippen molar-refractivity contribution in [3.63, 3.8) is 0 Å². The highest BCUT2D eigenvalue weighted by Crippen LogP contribution is 2.06. The molecule has 0 fully saturated rings. The van der Waals surface area contributed by atoms with Crippen LogP contribution in [0.4, 0.5) is 0 Å². The Morgan fingerprint density at radius 2 is 1.62 bits per heavy atom. The van der Waals surface area contributed by atoms with Crippen molar-refractivity contribution in [3.8, 4) is 0 Å². The molecule has 0 aliphatic heterocycles. The van der Waals surface area contributed by atoms with Gasteiger partial charge in [0.25, 0.3) is 0 Å². The van der Waals surface area contributed by atoms with Gasteiger partial charge in [0, 0.05) is 6.42 Å². The van der Waals surface area contributed by atoms with Gasteiger partial charge in [-0.25, -0.2) is 0 Å². The maximum Gasteiger partial charge on any atom is 0.0994 e. The van der Waals surface area contributed by atoms with Crippen LogP contribution in [0.5, 0.6) is 0 Å². The van der Waals surface area contributed by atoms with Gasteiger partial charge in [-0.1, -0.05) is 32.6 Å². The van der Waals surface area contributed by atoms with Crippen molar-refractivity contribution in [2.75, 3.05) is 14.1 Å². The van der Waals surface area contributed by atoms with E-state index in [0.717, 1.165) is 0 Å².